The summed E-state index contributed by atoms with van der Waals surface area (Å²) in [5, 5.41) is 2.84. The molecular formula is C18H27N3O3S. The number of amides is 1. The molecule has 1 amide bonds. The summed E-state index contributed by atoms with van der Waals surface area (Å²) in [5.41, 5.74) is 0.874. The van der Waals surface area contributed by atoms with Gasteiger partial charge in [0, 0.05) is 18.7 Å². The minimum atomic E-state index is -3.78. The van der Waals surface area contributed by atoms with Gasteiger partial charge in [0.25, 0.3) is 15.9 Å². The third kappa shape index (κ3) is 4.60. The van der Waals surface area contributed by atoms with E-state index in [0.717, 1.165) is 12.8 Å². The van der Waals surface area contributed by atoms with Crippen LogP contribution < -0.4 is 10.2 Å². The van der Waals surface area contributed by atoms with Crippen molar-refractivity contribution in [3.05, 3.63) is 23.8 Å². The molecular weight excluding hydrogens is 338 g/mol. The Bertz CT molecular complexity index is 792. The molecule has 0 saturated carbocycles. The van der Waals surface area contributed by atoms with Gasteiger partial charge in [-0.3, -0.25) is 4.79 Å². The number of hydrogen-bond acceptors (Lipinski definition) is 4. The fraction of sp³-hybridized carbons (Fsp3) is 0.556. The Labute approximate surface area is 150 Å². The predicted molar refractivity (Wildman–Crippen MR) is 101 cm³/mol. The molecule has 1 N–H and O–H groups in total. The first kappa shape index (κ1) is 19.4. The summed E-state index contributed by atoms with van der Waals surface area (Å²) < 4.78 is 28.8. The molecule has 0 unspecified atom stereocenters. The van der Waals surface area contributed by atoms with Crippen LogP contribution in [0.5, 0.6) is 0 Å². The Morgan fingerprint density at radius 2 is 1.96 bits per heavy atom. The van der Waals surface area contributed by atoms with Gasteiger partial charge in [-0.25, -0.2) is 0 Å². The number of anilines is 1. The molecule has 1 heterocycles. The van der Waals surface area contributed by atoms with E-state index in [1.807, 2.05) is 25.7 Å². The standard InChI is InChI=1S/C18H27N3O3S/c1-6-7-10-21-13(2)20-25(23,24)16-11-14(8-9-15(16)21)17(22)19-12-18(3,4)5/h8-9,11H,6-7,10,12H2,1-5H3,(H,19,22). The van der Waals surface area contributed by atoms with Crippen molar-refractivity contribution < 1.29 is 13.2 Å². The number of carbonyl (C=O) groups is 1. The Kier molecular flexibility index (Phi) is 5.56. The van der Waals surface area contributed by atoms with Crippen LogP contribution in [0.25, 0.3) is 0 Å². The van der Waals surface area contributed by atoms with Gasteiger partial charge in [-0.05, 0) is 37.0 Å². The molecule has 0 aliphatic carbocycles. The zero-order valence-corrected chi connectivity index (χ0v) is 16.4. The lowest BCUT2D eigenvalue weighted by molar-refractivity contribution is 0.0939. The van der Waals surface area contributed by atoms with Crippen LogP contribution in [0.1, 0.15) is 57.8 Å². The molecule has 1 aromatic rings. The zero-order chi connectivity index (χ0) is 18.8. The van der Waals surface area contributed by atoms with Gasteiger partial charge in [0.05, 0.1) is 5.69 Å². The molecule has 1 aliphatic rings. The number of hydrogen-bond donors (Lipinski definition) is 1. The minimum absolute atomic E-state index is 0.0473. The van der Waals surface area contributed by atoms with Gasteiger partial charge in [-0.1, -0.05) is 34.1 Å². The molecule has 0 bridgehead atoms. The Hall–Kier alpha value is -1.89. The van der Waals surface area contributed by atoms with E-state index in [0.29, 0.717) is 30.2 Å². The van der Waals surface area contributed by atoms with Crippen molar-refractivity contribution in [1.82, 2.24) is 5.32 Å². The SMILES string of the molecule is CCCCN1C(C)=NS(=O)(=O)c2cc(C(=O)NCC(C)(C)C)ccc21. The highest BCUT2D eigenvalue weighted by molar-refractivity contribution is 7.90. The van der Waals surface area contributed by atoms with Gasteiger partial charge < -0.3 is 10.2 Å². The van der Waals surface area contributed by atoms with Crippen molar-refractivity contribution in [1.29, 1.82) is 0 Å². The number of unbranched alkanes of at least 4 members (excludes halogenated alkanes) is 1. The summed E-state index contributed by atoms with van der Waals surface area (Å²) in [7, 11) is -3.78. The van der Waals surface area contributed by atoms with Crippen molar-refractivity contribution in [2.75, 3.05) is 18.0 Å². The molecule has 2 rings (SSSR count). The van der Waals surface area contributed by atoms with E-state index < -0.39 is 10.0 Å². The second kappa shape index (κ2) is 7.15. The van der Waals surface area contributed by atoms with Gasteiger partial charge >= 0.3 is 0 Å². The Balaban J connectivity index is 2.36. The Morgan fingerprint density at radius 1 is 1.28 bits per heavy atom. The van der Waals surface area contributed by atoms with Crippen molar-refractivity contribution >= 4 is 27.5 Å². The van der Waals surface area contributed by atoms with Gasteiger partial charge in [-0.2, -0.15) is 8.42 Å². The number of rotatable bonds is 5. The monoisotopic (exact) mass is 365 g/mol. The van der Waals surface area contributed by atoms with E-state index in [9.17, 15) is 13.2 Å². The molecule has 6 nitrogen and oxygen atoms in total. The number of fused-ring (bicyclic) bond motifs is 1. The van der Waals surface area contributed by atoms with Crippen LogP contribution in [-0.4, -0.2) is 33.3 Å². The first-order valence-corrected chi connectivity index (χ1v) is 10.0. The maximum atomic E-state index is 12.4. The van der Waals surface area contributed by atoms with Crippen LogP contribution in [0.15, 0.2) is 27.5 Å². The summed E-state index contributed by atoms with van der Waals surface area (Å²) in [4.78, 5) is 14.3. The van der Waals surface area contributed by atoms with Gasteiger partial charge in [-0.15, -0.1) is 4.40 Å². The summed E-state index contributed by atoms with van der Waals surface area (Å²) in [5.74, 6) is 0.185. The lowest BCUT2D eigenvalue weighted by Crippen LogP contribution is -2.35. The van der Waals surface area contributed by atoms with Crippen LogP contribution in [0, 0.1) is 5.41 Å². The van der Waals surface area contributed by atoms with Crippen molar-refractivity contribution in [2.24, 2.45) is 9.81 Å². The van der Waals surface area contributed by atoms with Crippen molar-refractivity contribution in [3.8, 4) is 0 Å². The molecule has 0 fully saturated rings. The van der Waals surface area contributed by atoms with Crippen molar-refractivity contribution in [2.45, 2.75) is 52.4 Å². The van der Waals surface area contributed by atoms with E-state index in [2.05, 4.69) is 16.6 Å². The normalized spacial score (nSPS) is 16.2. The molecule has 1 aromatic carbocycles. The molecule has 0 spiro atoms. The Morgan fingerprint density at radius 3 is 2.56 bits per heavy atom. The number of nitrogens with zero attached hydrogens (tertiary/aromatic N) is 2. The zero-order valence-electron chi connectivity index (χ0n) is 15.6. The lowest BCUT2D eigenvalue weighted by atomic mass is 9.97. The summed E-state index contributed by atoms with van der Waals surface area (Å²) in [6.45, 7) is 11.0. The van der Waals surface area contributed by atoms with Crippen LogP contribution >= 0.6 is 0 Å². The van der Waals surface area contributed by atoms with E-state index >= 15 is 0 Å². The topological polar surface area (TPSA) is 78.8 Å². The maximum Gasteiger partial charge on any atom is 0.286 e. The fourth-order valence-electron chi connectivity index (χ4n) is 2.58. The summed E-state index contributed by atoms with van der Waals surface area (Å²) in [6, 6.07) is 4.80. The number of sulfonamides is 1. The molecule has 138 valence electrons. The van der Waals surface area contributed by atoms with Gasteiger partial charge in [0.15, 0.2) is 0 Å². The van der Waals surface area contributed by atoms with E-state index in [4.69, 9.17) is 0 Å². The van der Waals surface area contributed by atoms with Crippen LogP contribution in [0.3, 0.4) is 0 Å². The first-order chi connectivity index (χ1) is 11.5. The summed E-state index contributed by atoms with van der Waals surface area (Å²) in [6.07, 6.45) is 1.93. The molecule has 0 radical (unpaired) electrons. The lowest BCUT2D eigenvalue weighted by Gasteiger charge is -2.29. The van der Waals surface area contributed by atoms with Crippen molar-refractivity contribution in [3.63, 3.8) is 0 Å². The first-order valence-electron chi connectivity index (χ1n) is 8.56. The third-order valence-electron chi connectivity index (χ3n) is 3.95. The largest absolute Gasteiger partial charge is 0.352 e. The summed E-state index contributed by atoms with van der Waals surface area (Å²) >= 11 is 0. The van der Waals surface area contributed by atoms with Crippen LogP contribution in [0.2, 0.25) is 0 Å². The maximum absolute atomic E-state index is 12.4. The molecule has 1 aliphatic heterocycles. The molecule has 0 atom stereocenters. The van der Waals surface area contributed by atoms with E-state index in [-0.39, 0.29) is 16.2 Å². The second-order valence-electron chi connectivity index (χ2n) is 7.54. The number of benzene rings is 1. The van der Waals surface area contributed by atoms with E-state index in [1.165, 1.54) is 6.07 Å². The average molecular weight is 365 g/mol. The highest BCUT2D eigenvalue weighted by Crippen LogP contribution is 2.32. The predicted octanol–water partition coefficient (Wildman–Crippen LogP) is 3.19. The average Bonchev–Trinajstić information content (AvgIpc) is 2.51. The number of amidine groups is 1. The third-order valence-corrected chi connectivity index (χ3v) is 5.34. The van der Waals surface area contributed by atoms with Gasteiger partial charge in [0.2, 0.25) is 0 Å². The molecule has 25 heavy (non-hydrogen) atoms. The smallest absolute Gasteiger partial charge is 0.286 e. The van der Waals surface area contributed by atoms with Gasteiger partial charge in [0.1, 0.15) is 10.7 Å². The molecule has 7 heteroatoms. The fourth-order valence-corrected chi connectivity index (χ4v) is 3.84. The minimum Gasteiger partial charge on any atom is -0.352 e. The molecule has 0 saturated heterocycles. The quantitative estimate of drug-likeness (QED) is 0.869. The van der Waals surface area contributed by atoms with Crippen LogP contribution in [-0.2, 0) is 10.0 Å². The molecule has 0 aromatic heterocycles. The number of nitrogens with one attached hydrogen (secondary N) is 1. The highest BCUT2D eigenvalue weighted by atomic mass is 32.2. The highest BCUT2D eigenvalue weighted by Gasteiger charge is 2.29. The van der Waals surface area contributed by atoms with E-state index in [1.54, 1.807) is 19.1 Å². The second-order valence-corrected chi connectivity index (χ2v) is 9.12. The van der Waals surface area contributed by atoms with Crippen LogP contribution in [0.4, 0.5) is 5.69 Å². The number of carbonyl (C=O) groups excluding carboxylic acids is 1.